The second-order valence-corrected chi connectivity index (χ2v) is 5.27. The van der Waals surface area contributed by atoms with Gasteiger partial charge in [0.2, 0.25) is 0 Å². The van der Waals surface area contributed by atoms with Crippen LogP contribution in [0, 0.1) is 13.8 Å². The standard InChI is InChI=1S/C6H8S.C5H5N.C5H6.2C2H6/c1-5-3-4-6(2)7-5;1-2-4-6-5-3-1;1-2-4-5-3-1;2*1-2/h3-4H,1-2H3;1-5H;1-4H,5H2;2*1-2H3. The van der Waals surface area contributed by atoms with E-state index in [1.54, 1.807) is 12.4 Å². The van der Waals surface area contributed by atoms with E-state index >= 15 is 0 Å². The van der Waals surface area contributed by atoms with E-state index in [9.17, 15) is 0 Å². The topological polar surface area (TPSA) is 12.9 Å². The molecule has 0 N–H and O–H groups in total. The molecule has 3 rings (SSSR count). The number of aromatic nitrogens is 1. The van der Waals surface area contributed by atoms with E-state index in [1.807, 2.05) is 57.2 Å². The zero-order valence-electron chi connectivity index (χ0n) is 14.9. The van der Waals surface area contributed by atoms with Crippen LogP contribution in [0.2, 0.25) is 0 Å². The van der Waals surface area contributed by atoms with Crippen molar-refractivity contribution in [1.29, 1.82) is 0 Å². The molecule has 2 aromatic rings. The van der Waals surface area contributed by atoms with Gasteiger partial charge in [0.15, 0.2) is 0 Å². The first kappa shape index (κ1) is 22.6. The lowest BCUT2D eigenvalue weighted by Gasteiger charge is -1.71. The lowest BCUT2D eigenvalue weighted by molar-refractivity contribution is 1.33. The van der Waals surface area contributed by atoms with E-state index in [4.69, 9.17) is 0 Å². The van der Waals surface area contributed by atoms with Gasteiger partial charge < -0.3 is 0 Å². The molecule has 2 heterocycles. The van der Waals surface area contributed by atoms with Crippen molar-refractivity contribution in [2.45, 2.75) is 48.0 Å². The summed E-state index contributed by atoms with van der Waals surface area (Å²) in [6, 6.07) is 9.99. The number of pyridine rings is 1. The Labute approximate surface area is 141 Å². The summed E-state index contributed by atoms with van der Waals surface area (Å²) in [5.74, 6) is 0. The molecular weight excluding hydrogens is 286 g/mol. The first-order valence-electron chi connectivity index (χ1n) is 7.99. The Balaban J connectivity index is 0. The number of thiophene rings is 1. The van der Waals surface area contributed by atoms with Crippen molar-refractivity contribution in [2.24, 2.45) is 0 Å². The third-order valence-corrected chi connectivity index (χ3v) is 3.01. The molecule has 0 aromatic carbocycles. The highest BCUT2D eigenvalue weighted by molar-refractivity contribution is 7.11. The van der Waals surface area contributed by atoms with Gasteiger partial charge >= 0.3 is 0 Å². The maximum absolute atomic E-state index is 3.78. The van der Waals surface area contributed by atoms with Crippen LogP contribution in [0.4, 0.5) is 0 Å². The van der Waals surface area contributed by atoms with Crippen LogP contribution in [0.5, 0.6) is 0 Å². The quantitative estimate of drug-likeness (QED) is 0.509. The highest BCUT2D eigenvalue weighted by atomic mass is 32.1. The fourth-order valence-electron chi connectivity index (χ4n) is 1.26. The average Bonchev–Trinajstić information content (AvgIpc) is 3.29. The van der Waals surface area contributed by atoms with Gasteiger partial charge in [-0.1, -0.05) is 58.1 Å². The molecule has 22 heavy (non-hydrogen) atoms. The van der Waals surface area contributed by atoms with Gasteiger partial charge in [-0.3, -0.25) is 4.98 Å². The Kier molecular flexibility index (Phi) is 19.9. The van der Waals surface area contributed by atoms with E-state index in [1.165, 1.54) is 9.75 Å². The molecule has 0 aliphatic heterocycles. The molecule has 1 aliphatic carbocycles. The van der Waals surface area contributed by atoms with Crippen molar-refractivity contribution in [2.75, 3.05) is 0 Å². The van der Waals surface area contributed by atoms with Crippen molar-refractivity contribution in [3.8, 4) is 0 Å². The molecule has 2 heteroatoms. The summed E-state index contributed by atoms with van der Waals surface area (Å²) in [7, 11) is 0. The Bertz CT molecular complexity index is 416. The molecule has 0 fully saturated rings. The van der Waals surface area contributed by atoms with Crippen LogP contribution < -0.4 is 0 Å². The third kappa shape index (κ3) is 16.4. The van der Waals surface area contributed by atoms with Gasteiger partial charge in [0.05, 0.1) is 0 Å². The molecule has 1 aliphatic rings. The Morgan fingerprint density at radius 3 is 1.36 bits per heavy atom. The Morgan fingerprint density at radius 2 is 1.23 bits per heavy atom. The monoisotopic (exact) mass is 317 g/mol. The Morgan fingerprint density at radius 1 is 0.773 bits per heavy atom. The zero-order valence-corrected chi connectivity index (χ0v) is 15.7. The van der Waals surface area contributed by atoms with Crippen molar-refractivity contribution < 1.29 is 0 Å². The molecule has 2 aromatic heterocycles. The maximum atomic E-state index is 3.78. The summed E-state index contributed by atoms with van der Waals surface area (Å²) in [6.07, 6.45) is 13.0. The van der Waals surface area contributed by atoms with E-state index in [0.29, 0.717) is 0 Å². The molecule has 1 nitrogen and oxygen atoms in total. The largest absolute Gasteiger partial charge is 0.265 e. The molecule has 0 atom stereocenters. The average molecular weight is 318 g/mol. The van der Waals surface area contributed by atoms with Crippen molar-refractivity contribution >= 4 is 11.3 Å². The van der Waals surface area contributed by atoms with E-state index < -0.39 is 0 Å². The van der Waals surface area contributed by atoms with Crippen LogP contribution in [0.3, 0.4) is 0 Å². The van der Waals surface area contributed by atoms with Crippen LogP contribution in [0.1, 0.15) is 43.9 Å². The van der Waals surface area contributed by atoms with Gasteiger partial charge in [0.25, 0.3) is 0 Å². The summed E-state index contributed by atoms with van der Waals surface area (Å²) in [5, 5.41) is 0. The first-order valence-corrected chi connectivity index (χ1v) is 8.80. The maximum Gasteiger partial charge on any atom is 0.0267 e. The van der Waals surface area contributed by atoms with Crippen LogP contribution >= 0.6 is 11.3 Å². The fraction of sp³-hybridized carbons (Fsp3) is 0.350. The lowest BCUT2D eigenvalue weighted by atomic mass is 10.5. The fourth-order valence-corrected chi connectivity index (χ4v) is 2.04. The van der Waals surface area contributed by atoms with Gasteiger partial charge in [-0.05, 0) is 44.5 Å². The minimum atomic E-state index is 1.14. The smallest absolute Gasteiger partial charge is 0.0267 e. The summed E-state index contributed by atoms with van der Waals surface area (Å²) in [5.41, 5.74) is 0. The minimum Gasteiger partial charge on any atom is -0.265 e. The summed E-state index contributed by atoms with van der Waals surface area (Å²) in [6.45, 7) is 12.2. The third-order valence-electron chi connectivity index (χ3n) is 2.10. The van der Waals surface area contributed by atoms with Gasteiger partial charge in [-0.15, -0.1) is 11.3 Å². The predicted octanol–water partition coefficient (Wildman–Crippen LogP) is 7.00. The van der Waals surface area contributed by atoms with Gasteiger partial charge in [-0.2, -0.15) is 0 Å². The number of aryl methyl sites for hydroxylation is 2. The van der Waals surface area contributed by atoms with Crippen LogP contribution in [0.25, 0.3) is 0 Å². The molecule has 0 radical (unpaired) electrons. The number of nitrogens with zero attached hydrogens (tertiary/aromatic N) is 1. The van der Waals surface area contributed by atoms with E-state index in [2.05, 4.69) is 55.3 Å². The molecule has 0 saturated carbocycles. The molecule has 122 valence electrons. The van der Waals surface area contributed by atoms with Gasteiger partial charge in [0, 0.05) is 22.1 Å². The van der Waals surface area contributed by atoms with Crippen LogP contribution in [-0.4, -0.2) is 4.98 Å². The molecule has 0 amide bonds. The Hall–Kier alpha value is -1.67. The lowest BCUT2D eigenvalue weighted by Crippen LogP contribution is -1.58. The zero-order chi connectivity index (χ0) is 17.1. The first-order chi connectivity index (χ1) is 10.8. The minimum absolute atomic E-state index is 1.14. The second kappa shape index (κ2) is 19.3. The number of hydrogen-bond acceptors (Lipinski definition) is 2. The highest BCUT2D eigenvalue weighted by Gasteiger charge is 1.84. The number of allylic oxidation sites excluding steroid dienone is 4. The molecule has 0 unspecified atom stereocenters. The molecule has 0 spiro atoms. The molecule has 0 bridgehead atoms. The summed E-state index contributed by atoms with van der Waals surface area (Å²) in [4.78, 5) is 6.59. The van der Waals surface area contributed by atoms with Crippen LogP contribution in [-0.2, 0) is 0 Å². The number of rotatable bonds is 0. The van der Waals surface area contributed by atoms with E-state index in [0.717, 1.165) is 6.42 Å². The van der Waals surface area contributed by atoms with Crippen molar-refractivity contribution in [3.05, 3.63) is 76.8 Å². The molecule has 0 saturated heterocycles. The predicted molar refractivity (Wildman–Crippen MR) is 104 cm³/mol. The SMILES string of the molecule is C1=CCC=C1.CC.CC.Cc1ccc(C)s1.c1ccncc1. The van der Waals surface area contributed by atoms with E-state index in [-0.39, 0.29) is 0 Å². The number of hydrogen-bond donors (Lipinski definition) is 0. The van der Waals surface area contributed by atoms with Crippen LogP contribution in [0.15, 0.2) is 67.0 Å². The van der Waals surface area contributed by atoms with Crippen molar-refractivity contribution in [1.82, 2.24) is 4.98 Å². The van der Waals surface area contributed by atoms with Gasteiger partial charge in [0.1, 0.15) is 0 Å². The van der Waals surface area contributed by atoms with Crippen molar-refractivity contribution in [3.63, 3.8) is 0 Å². The normalized spacial score (nSPS) is 9.73. The van der Waals surface area contributed by atoms with Gasteiger partial charge in [-0.25, -0.2) is 0 Å². The second-order valence-electron chi connectivity index (χ2n) is 3.77. The summed E-state index contributed by atoms with van der Waals surface area (Å²) >= 11 is 1.84. The highest BCUT2D eigenvalue weighted by Crippen LogP contribution is 2.12. The summed E-state index contributed by atoms with van der Waals surface area (Å²) < 4.78 is 0. The molecular formula is C20H31NS.